The Morgan fingerprint density at radius 2 is 2.05 bits per heavy atom. The number of carboxylic acid groups (broad SMARTS) is 1. The number of hydrogen-bond acceptors (Lipinski definition) is 3. The predicted molar refractivity (Wildman–Crippen MR) is 76.2 cm³/mol. The van der Waals surface area contributed by atoms with Crippen LogP contribution in [0.3, 0.4) is 0 Å². The van der Waals surface area contributed by atoms with Crippen LogP contribution in [0.4, 0.5) is 0 Å². The van der Waals surface area contributed by atoms with Crippen LogP contribution in [0.25, 0.3) is 0 Å². The number of carbonyl (C=O) groups excluding carboxylic acids is 1. The van der Waals surface area contributed by atoms with Crippen LogP contribution in [0.1, 0.15) is 35.2 Å². The summed E-state index contributed by atoms with van der Waals surface area (Å²) < 4.78 is 5.81. The lowest BCUT2D eigenvalue weighted by Crippen LogP contribution is -2.57. The van der Waals surface area contributed by atoms with Gasteiger partial charge in [0.1, 0.15) is 0 Å². The molecule has 1 aliphatic carbocycles. The molecule has 0 bridgehead atoms. The van der Waals surface area contributed by atoms with Crippen LogP contribution in [0, 0.1) is 0 Å². The average Bonchev–Trinajstić information content (AvgIpc) is 2.46. The summed E-state index contributed by atoms with van der Waals surface area (Å²) in [6, 6.07) is 6.69. The first kappa shape index (κ1) is 14.1. The first-order chi connectivity index (χ1) is 10.1. The summed E-state index contributed by atoms with van der Waals surface area (Å²) in [7, 11) is 0. The molecule has 0 radical (unpaired) electrons. The number of hydrogen-bond donors (Lipinski definition) is 1. The number of ether oxygens (including phenoxy) is 1. The largest absolute Gasteiger partial charge is 0.478 e. The van der Waals surface area contributed by atoms with E-state index in [9.17, 15) is 14.7 Å². The maximum Gasteiger partial charge on any atom is 0.335 e. The smallest absolute Gasteiger partial charge is 0.335 e. The summed E-state index contributed by atoms with van der Waals surface area (Å²) in [6.07, 6.45) is 3.33. The number of morpholine rings is 1. The Bertz CT molecular complexity index is 565. The molecule has 1 spiro atoms. The summed E-state index contributed by atoms with van der Waals surface area (Å²) in [6.45, 7) is 1.81. The molecule has 0 aromatic heterocycles. The zero-order chi connectivity index (χ0) is 14.9. The van der Waals surface area contributed by atoms with Crippen LogP contribution >= 0.6 is 0 Å². The van der Waals surface area contributed by atoms with Gasteiger partial charge in [0.25, 0.3) is 0 Å². The molecule has 2 fully saturated rings. The molecule has 1 amide bonds. The minimum atomic E-state index is -0.990. The highest BCUT2D eigenvalue weighted by molar-refractivity contribution is 5.91. The Hall–Kier alpha value is -1.88. The van der Waals surface area contributed by atoms with Crippen molar-refractivity contribution in [2.45, 2.75) is 31.3 Å². The number of nitrogens with zero attached hydrogens (tertiary/aromatic N) is 1. The molecule has 3 rings (SSSR count). The number of rotatable bonds is 3. The third kappa shape index (κ3) is 2.78. The van der Waals surface area contributed by atoms with Gasteiger partial charge in [-0.25, -0.2) is 4.79 Å². The lowest BCUT2D eigenvalue weighted by molar-refractivity contribution is -0.167. The topological polar surface area (TPSA) is 66.8 Å². The van der Waals surface area contributed by atoms with Gasteiger partial charge in [-0.3, -0.25) is 4.79 Å². The Kier molecular flexibility index (Phi) is 3.68. The van der Waals surface area contributed by atoms with Crippen molar-refractivity contribution in [2.24, 2.45) is 0 Å². The average molecular weight is 289 g/mol. The SMILES string of the molecule is O=C(O)c1ccccc1CC(=O)N1CCOC2(CCC2)C1. The molecule has 1 saturated carbocycles. The fourth-order valence-corrected chi connectivity index (χ4v) is 3.09. The lowest BCUT2D eigenvalue weighted by Gasteiger charge is -2.48. The Morgan fingerprint density at radius 3 is 2.71 bits per heavy atom. The summed E-state index contributed by atoms with van der Waals surface area (Å²) in [4.78, 5) is 25.5. The highest BCUT2D eigenvalue weighted by Crippen LogP contribution is 2.38. The molecule has 1 aromatic rings. The van der Waals surface area contributed by atoms with Crippen molar-refractivity contribution in [1.29, 1.82) is 0 Å². The first-order valence-corrected chi connectivity index (χ1v) is 7.33. The maximum absolute atomic E-state index is 12.4. The Labute approximate surface area is 123 Å². The van der Waals surface area contributed by atoms with E-state index in [4.69, 9.17) is 4.74 Å². The van der Waals surface area contributed by atoms with E-state index >= 15 is 0 Å². The molecule has 2 aliphatic rings. The van der Waals surface area contributed by atoms with E-state index < -0.39 is 5.97 Å². The van der Waals surface area contributed by atoms with Crippen molar-refractivity contribution in [3.8, 4) is 0 Å². The first-order valence-electron chi connectivity index (χ1n) is 7.33. The molecule has 1 saturated heterocycles. The van der Waals surface area contributed by atoms with Crippen molar-refractivity contribution in [3.63, 3.8) is 0 Å². The molecular formula is C16H19NO4. The number of amides is 1. The van der Waals surface area contributed by atoms with Gasteiger partial charge in [-0.05, 0) is 30.9 Å². The van der Waals surface area contributed by atoms with Gasteiger partial charge in [-0.15, -0.1) is 0 Å². The molecule has 112 valence electrons. The lowest BCUT2D eigenvalue weighted by atomic mass is 9.79. The summed E-state index contributed by atoms with van der Waals surface area (Å²) in [5, 5.41) is 9.17. The molecule has 5 heteroatoms. The molecule has 0 unspecified atom stereocenters. The second kappa shape index (κ2) is 5.48. The fraction of sp³-hybridized carbons (Fsp3) is 0.500. The third-order valence-electron chi connectivity index (χ3n) is 4.46. The van der Waals surface area contributed by atoms with E-state index in [1.165, 1.54) is 6.07 Å². The van der Waals surface area contributed by atoms with Gasteiger partial charge in [-0.2, -0.15) is 0 Å². The highest BCUT2D eigenvalue weighted by Gasteiger charge is 2.43. The van der Waals surface area contributed by atoms with Crippen molar-refractivity contribution in [3.05, 3.63) is 35.4 Å². The number of aromatic carboxylic acids is 1. The van der Waals surface area contributed by atoms with Crippen molar-refractivity contribution in [2.75, 3.05) is 19.7 Å². The van der Waals surface area contributed by atoms with E-state index in [2.05, 4.69) is 0 Å². The summed E-state index contributed by atoms with van der Waals surface area (Å²) in [5.41, 5.74) is 0.655. The minimum Gasteiger partial charge on any atom is -0.478 e. The Morgan fingerprint density at radius 1 is 1.29 bits per heavy atom. The van der Waals surface area contributed by atoms with Crippen molar-refractivity contribution >= 4 is 11.9 Å². The predicted octanol–water partition coefficient (Wildman–Crippen LogP) is 1.71. The van der Waals surface area contributed by atoms with E-state index in [0.29, 0.717) is 25.3 Å². The van der Waals surface area contributed by atoms with Crippen LogP contribution in [-0.4, -0.2) is 47.2 Å². The standard InChI is InChI=1S/C16H19NO4/c18-14(10-12-4-1-2-5-13(12)15(19)20)17-8-9-21-16(11-17)6-3-7-16/h1-2,4-5H,3,6-11H2,(H,19,20). The van der Waals surface area contributed by atoms with Gasteiger partial charge < -0.3 is 14.7 Å². The van der Waals surface area contributed by atoms with Crippen LogP contribution in [0.2, 0.25) is 0 Å². The van der Waals surface area contributed by atoms with E-state index in [1.807, 2.05) is 4.90 Å². The quantitative estimate of drug-likeness (QED) is 0.920. The van der Waals surface area contributed by atoms with Gasteiger partial charge in [0, 0.05) is 13.1 Å². The van der Waals surface area contributed by atoms with Crippen LogP contribution < -0.4 is 0 Å². The number of carboxylic acids is 1. The molecule has 5 nitrogen and oxygen atoms in total. The fourth-order valence-electron chi connectivity index (χ4n) is 3.09. The normalized spacial score (nSPS) is 20.1. The molecule has 21 heavy (non-hydrogen) atoms. The zero-order valence-corrected chi connectivity index (χ0v) is 11.9. The maximum atomic E-state index is 12.4. The van der Waals surface area contributed by atoms with Crippen molar-refractivity contribution in [1.82, 2.24) is 4.90 Å². The van der Waals surface area contributed by atoms with E-state index in [-0.39, 0.29) is 23.5 Å². The third-order valence-corrected chi connectivity index (χ3v) is 4.46. The number of carbonyl (C=O) groups is 2. The Balaban J connectivity index is 1.70. The van der Waals surface area contributed by atoms with Gasteiger partial charge in [-0.1, -0.05) is 18.2 Å². The highest BCUT2D eigenvalue weighted by atomic mass is 16.5. The summed E-state index contributed by atoms with van der Waals surface area (Å²) >= 11 is 0. The molecule has 1 heterocycles. The second-order valence-corrected chi connectivity index (χ2v) is 5.84. The zero-order valence-electron chi connectivity index (χ0n) is 11.9. The molecule has 1 N–H and O–H groups in total. The molecule has 1 aromatic carbocycles. The van der Waals surface area contributed by atoms with Crippen molar-refractivity contribution < 1.29 is 19.4 Å². The molecular weight excluding hydrogens is 270 g/mol. The van der Waals surface area contributed by atoms with E-state index in [0.717, 1.165) is 19.3 Å². The monoisotopic (exact) mass is 289 g/mol. The van der Waals surface area contributed by atoms with E-state index in [1.54, 1.807) is 18.2 Å². The van der Waals surface area contributed by atoms with Crippen LogP contribution in [0.15, 0.2) is 24.3 Å². The van der Waals surface area contributed by atoms with Gasteiger partial charge >= 0.3 is 5.97 Å². The molecule has 1 aliphatic heterocycles. The van der Waals surface area contributed by atoms with Crippen LogP contribution in [-0.2, 0) is 16.0 Å². The van der Waals surface area contributed by atoms with Crippen LogP contribution in [0.5, 0.6) is 0 Å². The summed E-state index contributed by atoms with van der Waals surface area (Å²) in [5.74, 6) is -1.01. The second-order valence-electron chi connectivity index (χ2n) is 5.84. The molecule has 0 atom stereocenters. The van der Waals surface area contributed by atoms with Gasteiger partial charge in [0.2, 0.25) is 5.91 Å². The van der Waals surface area contributed by atoms with Gasteiger partial charge in [0.05, 0.1) is 24.2 Å². The minimum absolute atomic E-state index is 0.0155. The van der Waals surface area contributed by atoms with Gasteiger partial charge in [0.15, 0.2) is 0 Å². The number of benzene rings is 1.